The van der Waals surface area contributed by atoms with Gasteiger partial charge in [0.05, 0.1) is 12.2 Å². The summed E-state index contributed by atoms with van der Waals surface area (Å²) in [6.45, 7) is 47.3. The fourth-order valence-corrected chi connectivity index (χ4v) is 12.2. The van der Waals surface area contributed by atoms with Crippen LogP contribution in [0, 0.1) is 23.2 Å². The summed E-state index contributed by atoms with van der Waals surface area (Å²) in [7, 11) is -5.71. The average molecular weight is 743 g/mol. The molecule has 50 heavy (non-hydrogen) atoms. The van der Waals surface area contributed by atoms with E-state index in [0.717, 1.165) is 30.8 Å². The van der Waals surface area contributed by atoms with Crippen LogP contribution < -0.4 is 0 Å². The predicted molar refractivity (Wildman–Crippen MR) is 228 cm³/mol. The fourth-order valence-electron chi connectivity index (χ4n) is 8.18. The third-order valence-corrected chi connectivity index (χ3v) is 28.2. The van der Waals surface area contributed by atoms with E-state index in [0.29, 0.717) is 17.3 Å². The van der Waals surface area contributed by atoms with Gasteiger partial charge in [-0.05, 0) is 141 Å². The zero-order valence-electron chi connectivity index (χ0n) is 36.4. The monoisotopic (exact) mass is 743 g/mol. The minimum absolute atomic E-state index is 0.0270. The molecule has 3 rings (SSSR count). The van der Waals surface area contributed by atoms with Gasteiger partial charge >= 0.3 is 0 Å². The van der Waals surface area contributed by atoms with Crippen LogP contribution >= 0.6 is 0 Å². The molecule has 6 heteroatoms. The molecule has 3 nitrogen and oxygen atoms in total. The van der Waals surface area contributed by atoms with Crippen molar-refractivity contribution in [1.82, 2.24) is 0 Å². The molecule has 0 aromatic heterocycles. The van der Waals surface area contributed by atoms with Crippen LogP contribution in [0.1, 0.15) is 134 Å². The van der Waals surface area contributed by atoms with Crippen LogP contribution in [0.4, 0.5) is 0 Å². The Bertz CT molecular complexity index is 1230. The quantitative estimate of drug-likeness (QED) is 0.156. The van der Waals surface area contributed by atoms with Gasteiger partial charge in [-0.15, -0.1) is 0 Å². The van der Waals surface area contributed by atoms with E-state index in [-0.39, 0.29) is 33.4 Å². The molecule has 0 bridgehead atoms. The van der Waals surface area contributed by atoms with E-state index in [2.05, 4.69) is 153 Å². The molecule has 7 atom stereocenters. The Morgan fingerprint density at radius 1 is 0.780 bits per heavy atom. The highest BCUT2D eigenvalue weighted by molar-refractivity contribution is 6.75. The molecule has 0 heterocycles. The molecule has 0 amide bonds. The second-order valence-corrected chi connectivity index (χ2v) is 35.9. The average Bonchev–Trinajstić information content (AvgIpc) is 3.29. The lowest BCUT2D eigenvalue weighted by molar-refractivity contribution is 0.112. The molecule has 3 aliphatic rings. The molecular weight excluding hydrogens is 661 g/mol. The number of hydrogen-bond donors (Lipinski definition) is 0. The molecule has 3 aliphatic carbocycles. The van der Waals surface area contributed by atoms with E-state index >= 15 is 0 Å². The minimum Gasteiger partial charge on any atom is -0.414 e. The number of allylic oxidation sites excluding steroid dienone is 4. The summed E-state index contributed by atoms with van der Waals surface area (Å²) in [4.78, 5) is 0. The van der Waals surface area contributed by atoms with Crippen molar-refractivity contribution in [1.29, 1.82) is 0 Å². The molecule has 0 aromatic carbocycles. The Morgan fingerprint density at radius 3 is 1.76 bits per heavy atom. The summed E-state index contributed by atoms with van der Waals surface area (Å²) in [6, 6.07) is 0. The van der Waals surface area contributed by atoms with Crippen molar-refractivity contribution in [2.75, 3.05) is 0 Å². The van der Waals surface area contributed by atoms with Crippen LogP contribution in [0.5, 0.6) is 0 Å². The molecule has 0 unspecified atom stereocenters. The van der Waals surface area contributed by atoms with Crippen LogP contribution in [-0.2, 0) is 13.3 Å². The minimum atomic E-state index is -1.98. The summed E-state index contributed by atoms with van der Waals surface area (Å²) >= 11 is 0. The van der Waals surface area contributed by atoms with Gasteiger partial charge in [0, 0.05) is 6.10 Å². The molecule has 0 aromatic rings. The highest BCUT2D eigenvalue weighted by atomic mass is 28.4. The molecule has 0 aliphatic heterocycles. The van der Waals surface area contributed by atoms with Gasteiger partial charge in [-0.1, -0.05) is 118 Å². The molecule has 0 saturated heterocycles. The van der Waals surface area contributed by atoms with Gasteiger partial charge in [-0.2, -0.15) is 0 Å². The topological polar surface area (TPSA) is 27.7 Å². The van der Waals surface area contributed by atoms with Crippen molar-refractivity contribution in [3.05, 3.63) is 47.6 Å². The van der Waals surface area contributed by atoms with Crippen LogP contribution in [0.25, 0.3) is 0 Å². The van der Waals surface area contributed by atoms with Gasteiger partial charge in [0.1, 0.15) is 0 Å². The second-order valence-electron chi connectivity index (χ2n) is 21.6. The number of fused-ring (bicyclic) bond motifs is 1. The van der Waals surface area contributed by atoms with Gasteiger partial charge < -0.3 is 13.3 Å². The third-order valence-electron chi connectivity index (χ3n) is 14.6. The molecule has 3 saturated carbocycles. The van der Waals surface area contributed by atoms with Gasteiger partial charge in [0.2, 0.25) is 0 Å². The van der Waals surface area contributed by atoms with Crippen molar-refractivity contribution in [3.63, 3.8) is 0 Å². The molecular formula is C44H82O3Si3. The van der Waals surface area contributed by atoms with Crippen LogP contribution in [0.2, 0.25) is 54.4 Å². The standard InChI is InChI=1S/C44H82O3Si3/c1-32(22-20-23-33(2)45-48(14,15)41(4,5)6)37-27-28-38-36(24-21-29-44(37,38)13)26-25-35-30-39(46-49(16,17)42(7,8)9)34(3)40(31-35)47-50(18,19)43(10,11)12/h20,22,25-26,32-33,37-40H,3,21,23-24,27-31H2,1-2,4-19H3/t32-,33-,37-,38+,39-,40-,44-/m1/s1. The van der Waals surface area contributed by atoms with Crippen LogP contribution in [0.15, 0.2) is 47.6 Å². The van der Waals surface area contributed by atoms with Gasteiger partial charge in [0.15, 0.2) is 25.0 Å². The first-order chi connectivity index (χ1) is 22.5. The van der Waals surface area contributed by atoms with Crippen molar-refractivity contribution in [2.45, 2.75) is 207 Å². The summed E-state index contributed by atoms with van der Waals surface area (Å²) in [6.07, 6.45) is 19.8. The normalized spacial score (nSPS) is 29.8. The second kappa shape index (κ2) is 15.7. The summed E-state index contributed by atoms with van der Waals surface area (Å²) in [5, 5.41) is 0.557. The van der Waals surface area contributed by atoms with Crippen molar-refractivity contribution in [2.24, 2.45) is 23.2 Å². The zero-order valence-corrected chi connectivity index (χ0v) is 39.4. The third kappa shape index (κ3) is 10.2. The Kier molecular flexibility index (Phi) is 13.8. The first-order valence-electron chi connectivity index (χ1n) is 20.3. The smallest absolute Gasteiger partial charge is 0.192 e. The van der Waals surface area contributed by atoms with E-state index in [1.165, 1.54) is 37.7 Å². The van der Waals surface area contributed by atoms with Crippen molar-refractivity contribution >= 4 is 25.0 Å². The predicted octanol–water partition coefficient (Wildman–Crippen LogP) is 14.2. The van der Waals surface area contributed by atoms with Crippen LogP contribution in [-0.4, -0.2) is 43.3 Å². The van der Waals surface area contributed by atoms with Gasteiger partial charge in [0.25, 0.3) is 0 Å². The van der Waals surface area contributed by atoms with E-state index in [1.54, 1.807) is 5.57 Å². The molecule has 3 fully saturated rings. The molecule has 0 N–H and O–H groups in total. The summed E-state index contributed by atoms with van der Waals surface area (Å²) < 4.78 is 20.9. The Labute approximate surface area is 315 Å². The maximum Gasteiger partial charge on any atom is 0.192 e. The summed E-state index contributed by atoms with van der Waals surface area (Å²) in [5.41, 5.74) is 4.70. The Balaban J connectivity index is 1.81. The fraction of sp³-hybridized carbons (Fsp3) is 0.818. The van der Waals surface area contributed by atoms with Crippen molar-refractivity contribution in [3.8, 4) is 0 Å². The first-order valence-corrected chi connectivity index (χ1v) is 29.0. The maximum atomic E-state index is 7.12. The molecule has 288 valence electrons. The first kappa shape index (κ1) is 43.9. The zero-order chi connectivity index (χ0) is 38.3. The van der Waals surface area contributed by atoms with Crippen LogP contribution in [0.3, 0.4) is 0 Å². The SMILES string of the molecule is C=C1[C@H](O[Si](C)(C)C(C)(C)C)CC(=CC=C2CCC[C@]3(C)[C@@H]([C@H](C)C=CC[C@@H](C)O[Si](C)(C)C(C)(C)C)CC[C@@H]23)C[C@H]1O[Si](C)(C)C(C)(C)C. The highest BCUT2D eigenvalue weighted by Gasteiger charge is 2.50. The number of hydrogen-bond acceptors (Lipinski definition) is 3. The van der Waals surface area contributed by atoms with E-state index in [4.69, 9.17) is 13.3 Å². The lowest BCUT2D eigenvalue weighted by Gasteiger charge is -2.46. The maximum absolute atomic E-state index is 7.12. The molecule has 0 radical (unpaired) electrons. The van der Waals surface area contributed by atoms with Gasteiger partial charge in [-0.25, -0.2) is 0 Å². The van der Waals surface area contributed by atoms with E-state index in [1.807, 2.05) is 0 Å². The highest BCUT2D eigenvalue weighted by Crippen LogP contribution is 2.59. The largest absolute Gasteiger partial charge is 0.414 e. The lowest BCUT2D eigenvalue weighted by Crippen LogP contribution is -2.49. The van der Waals surface area contributed by atoms with Crippen molar-refractivity contribution < 1.29 is 13.3 Å². The Morgan fingerprint density at radius 2 is 1.28 bits per heavy atom. The van der Waals surface area contributed by atoms with E-state index in [9.17, 15) is 0 Å². The number of rotatable bonds is 11. The summed E-state index contributed by atoms with van der Waals surface area (Å²) in [5.74, 6) is 2.01. The van der Waals surface area contributed by atoms with Gasteiger partial charge in [-0.3, -0.25) is 0 Å². The lowest BCUT2D eigenvalue weighted by atomic mass is 9.61. The molecule has 0 spiro atoms. The van der Waals surface area contributed by atoms with E-state index < -0.39 is 25.0 Å². The Hall–Kier alpha value is -0.509.